The molecule has 1 rings (SSSR count). The zero-order valence-corrected chi connectivity index (χ0v) is 11.2. The topological polar surface area (TPSA) is 21.3 Å². The maximum Gasteiger partial charge on any atom is 0.0740 e. The van der Waals surface area contributed by atoms with Gasteiger partial charge >= 0.3 is 0 Å². The molecule has 2 unspecified atom stereocenters. The Balaban J connectivity index is 2.64. The van der Waals surface area contributed by atoms with Gasteiger partial charge in [-0.15, -0.1) is 0 Å². The maximum absolute atomic E-state index is 6.22. The summed E-state index contributed by atoms with van der Waals surface area (Å²) >= 11 is 0. The molecule has 0 aromatic rings. The highest BCUT2D eigenvalue weighted by Crippen LogP contribution is 2.40. The zero-order chi connectivity index (χ0) is 11.7. The van der Waals surface area contributed by atoms with E-state index in [-0.39, 0.29) is 5.60 Å². The first-order valence-corrected chi connectivity index (χ1v) is 6.17. The molecule has 15 heavy (non-hydrogen) atoms. The van der Waals surface area contributed by atoms with Crippen LogP contribution in [0.15, 0.2) is 0 Å². The summed E-state index contributed by atoms with van der Waals surface area (Å²) in [7, 11) is 2.05. The van der Waals surface area contributed by atoms with Crippen LogP contribution in [0.25, 0.3) is 0 Å². The summed E-state index contributed by atoms with van der Waals surface area (Å²) in [5.74, 6) is 0. The van der Waals surface area contributed by atoms with Crippen LogP contribution in [0.2, 0.25) is 0 Å². The van der Waals surface area contributed by atoms with Crippen LogP contribution in [-0.4, -0.2) is 24.8 Å². The molecule has 90 valence electrons. The molecule has 2 nitrogen and oxygen atoms in total. The van der Waals surface area contributed by atoms with Crippen molar-refractivity contribution in [2.45, 2.75) is 71.6 Å². The molecule has 1 aliphatic rings. The van der Waals surface area contributed by atoms with Crippen molar-refractivity contribution >= 4 is 0 Å². The quantitative estimate of drug-likeness (QED) is 0.775. The Bertz CT molecular complexity index is 211. The fourth-order valence-electron chi connectivity index (χ4n) is 2.54. The third-order valence-corrected chi connectivity index (χ3v) is 3.92. The molecule has 0 aromatic carbocycles. The number of nitrogens with one attached hydrogen (secondary N) is 1. The average molecular weight is 213 g/mol. The van der Waals surface area contributed by atoms with Gasteiger partial charge < -0.3 is 10.1 Å². The largest absolute Gasteiger partial charge is 0.371 e. The molecule has 0 spiro atoms. The minimum Gasteiger partial charge on any atom is -0.371 e. The minimum atomic E-state index is 0.0141. The Kier molecular flexibility index (Phi) is 3.83. The van der Waals surface area contributed by atoms with Crippen LogP contribution in [0.4, 0.5) is 0 Å². The van der Waals surface area contributed by atoms with Gasteiger partial charge in [-0.05, 0) is 45.6 Å². The van der Waals surface area contributed by atoms with Crippen molar-refractivity contribution in [3.63, 3.8) is 0 Å². The van der Waals surface area contributed by atoms with Gasteiger partial charge in [0.15, 0.2) is 0 Å². The van der Waals surface area contributed by atoms with E-state index in [1.807, 2.05) is 7.05 Å². The first kappa shape index (κ1) is 13.0. The summed E-state index contributed by atoms with van der Waals surface area (Å²) in [4.78, 5) is 0. The van der Waals surface area contributed by atoms with Gasteiger partial charge in [0.2, 0.25) is 0 Å². The van der Waals surface area contributed by atoms with Crippen molar-refractivity contribution in [2.75, 3.05) is 7.05 Å². The van der Waals surface area contributed by atoms with Crippen molar-refractivity contribution in [1.29, 1.82) is 0 Å². The number of hydrogen-bond acceptors (Lipinski definition) is 2. The minimum absolute atomic E-state index is 0.0141. The van der Waals surface area contributed by atoms with Crippen molar-refractivity contribution in [2.24, 2.45) is 5.41 Å². The second-order valence-corrected chi connectivity index (χ2v) is 6.06. The smallest absolute Gasteiger partial charge is 0.0740 e. The Hall–Kier alpha value is -0.0800. The molecule has 0 heterocycles. The normalized spacial score (nSPS) is 30.8. The summed E-state index contributed by atoms with van der Waals surface area (Å²) < 4.78 is 6.22. The van der Waals surface area contributed by atoms with Crippen LogP contribution in [0.5, 0.6) is 0 Å². The maximum atomic E-state index is 6.22. The number of likely N-dealkylation sites (N-methyl/N-ethyl adjacent to an activating group) is 1. The highest BCUT2D eigenvalue weighted by atomic mass is 16.5. The van der Waals surface area contributed by atoms with Crippen molar-refractivity contribution < 1.29 is 4.74 Å². The summed E-state index contributed by atoms with van der Waals surface area (Å²) in [6.07, 6.45) is 3.88. The second-order valence-electron chi connectivity index (χ2n) is 6.06. The van der Waals surface area contributed by atoms with E-state index in [1.165, 1.54) is 12.8 Å². The molecular formula is C13H27NO. The molecule has 1 saturated carbocycles. The molecule has 1 N–H and O–H groups in total. The highest BCUT2D eigenvalue weighted by Gasteiger charge is 2.43. The molecule has 0 aromatic heterocycles. The summed E-state index contributed by atoms with van der Waals surface area (Å²) in [6, 6.07) is 0.489. The van der Waals surface area contributed by atoms with Gasteiger partial charge in [-0.2, -0.15) is 0 Å². The zero-order valence-electron chi connectivity index (χ0n) is 11.2. The molecule has 0 radical (unpaired) electrons. The van der Waals surface area contributed by atoms with Crippen molar-refractivity contribution in [3.8, 4) is 0 Å². The van der Waals surface area contributed by atoms with Gasteiger partial charge in [-0.3, -0.25) is 0 Å². The molecule has 0 saturated heterocycles. The lowest BCUT2D eigenvalue weighted by molar-refractivity contribution is -0.0842. The number of rotatable bonds is 4. The van der Waals surface area contributed by atoms with E-state index in [0.717, 1.165) is 6.42 Å². The fourth-order valence-corrected chi connectivity index (χ4v) is 2.54. The van der Waals surface area contributed by atoms with E-state index >= 15 is 0 Å². The molecule has 0 bridgehead atoms. The monoisotopic (exact) mass is 213 g/mol. The van der Waals surface area contributed by atoms with Crippen LogP contribution in [-0.2, 0) is 4.74 Å². The van der Waals surface area contributed by atoms with Gasteiger partial charge in [0.05, 0.1) is 11.7 Å². The van der Waals surface area contributed by atoms with Gasteiger partial charge in [-0.25, -0.2) is 0 Å². The molecule has 2 heteroatoms. The molecule has 1 aliphatic carbocycles. The summed E-state index contributed by atoms with van der Waals surface area (Å²) in [5, 5.41) is 3.43. The van der Waals surface area contributed by atoms with E-state index in [1.54, 1.807) is 0 Å². The molecule has 2 atom stereocenters. The van der Waals surface area contributed by atoms with Gasteiger partial charge in [0, 0.05) is 6.04 Å². The fraction of sp³-hybridized carbons (Fsp3) is 1.00. The lowest BCUT2D eigenvalue weighted by Crippen LogP contribution is -2.46. The van der Waals surface area contributed by atoms with E-state index in [2.05, 4.69) is 39.9 Å². The Labute approximate surface area is 94.8 Å². The first-order chi connectivity index (χ1) is 6.82. The summed E-state index contributed by atoms with van der Waals surface area (Å²) in [5.41, 5.74) is 0.378. The average Bonchev–Trinajstić information content (AvgIpc) is 2.40. The Morgan fingerprint density at radius 3 is 2.47 bits per heavy atom. The molecule has 0 amide bonds. The van der Waals surface area contributed by atoms with Crippen LogP contribution < -0.4 is 5.32 Å². The molecular weight excluding hydrogens is 186 g/mol. The summed E-state index contributed by atoms with van der Waals surface area (Å²) in [6.45, 7) is 11.2. The predicted molar refractivity (Wildman–Crippen MR) is 65.1 cm³/mol. The number of hydrogen-bond donors (Lipinski definition) is 1. The van der Waals surface area contributed by atoms with E-state index < -0.39 is 0 Å². The van der Waals surface area contributed by atoms with E-state index in [4.69, 9.17) is 4.74 Å². The van der Waals surface area contributed by atoms with E-state index in [0.29, 0.717) is 17.6 Å². The van der Waals surface area contributed by atoms with E-state index in [9.17, 15) is 0 Å². The standard InChI is InChI=1S/C13H27NO/c1-7-13(4,5)15-10-8-9-12(2,3)11(10)14-6/h10-11,14H,7-9H2,1-6H3. The van der Waals surface area contributed by atoms with Crippen LogP contribution in [0.1, 0.15) is 53.9 Å². The Morgan fingerprint density at radius 2 is 2.00 bits per heavy atom. The third-order valence-electron chi connectivity index (χ3n) is 3.92. The van der Waals surface area contributed by atoms with Crippen molar-refractivity contribution in [1.82, 2.24) is 5.32 Å². The Morgan fingerprint density at radius 1 is 1.40 bits per heavy atom. The predicted octanol–water partition coefficient (Wildman–Crippen LogP) is 2.97. The lowest BCUT2D eigenvalue weighted by atomic mass is 9.87. The number of ether oxygens (including phenoxy) is 1. The van der Waals surface area contributed by atoms with Gasteiger partial charge in [0.25, 0.3) is 0 Å². The highest BCUT2D eigenvalue weighted by molar-refractivity contribution is 4.97. The van der Waals surface area contributed by atoms with Crippen LogP contribution in [0, 0.1) is 5.41 Å². The van der Waals surface area contributed by atoms with Gasteiger partial charge in [0.1, 0.15) is 0 Å². The lowest BCUT2D eigenvalue weighted by Gasteiger charge is -2.35. The van der Waals surface area contributed by atoms with Crippen molar-refractivity contribution in [3.05, 3.63) is 0 Å². The molecule has 0 aliphatic heterocycles. The SMILES string of the molecule is CCC(C)(C)OC1CCC(C)(C)C1NC. The molecule has 1 fully saturated rings. The first-order valence-electron chi connectivity index (χ1n) is 6.17. The second kappa shape index (κ2) is 4.42. The van der Waals surface area contributed by atoms with Crippen LogP contribution >= 0.6 is 0 Å². The van der Waals surface area contributed by atoms with Crippen LogP contribution in [0.3, 0.4) is 0 Å². The third kappa shape index (κ3) is 2.94. The van der Waals surface area contributed by atoms with Gasteiger partial charge in [-0.1, -0.05) is 20.8 Å².